The maximum absolute atomic E-state index is 12.1. The van der Waals surface area contributed by atoms with E-state index in [-0.39, 0.29) is 24.1 Å². The summed E-state index contributed by atoms with van der Waals surface area (Å²) in [4.78, 5) is 48.1. The lowest BCUT2D eigenvalue weighted by atomic mass is 10.2. The van der Waals surface area contributed by atoms with E-state index >= 15 is 0 Å². The Labute approximate surface area is 164 Å². The minimum absolute atomic E-state index is 0.108. The molecule has 2 rings (SSSR count). The van der Waals surface area contributed by atoms with Gasteiger partial charge < -0.3 is 14.2 Å². The van der Waals surface area contributed by atoms with Gasteiger partial charge in [0.1, 0.15) is 23.6 Å². The summed E-state index contributed by atoms with van der Waals surface area (Å²) in [5, 5.41) is 3.86. The van der Waals surface area contributed by atoms with Crippen molar-refractivity contribution in [3.63, 3.8) is 0 Å². The molecule has 1 aliphatic rings. The molecule has 0 aliphatic carbocycles. The number of carbonyl (C=O) groups is 2. The number of ether oxygens (including phenoxy) is 3. The molecular weight excluding hydrogens is 482 g/mol. The Morgan fingerprint density at radius 1 is 1.27 bits per heavy atom. The third-order valence-electron chi connectivity index (χ3n) is 3.57. The van der Waals surface area contributed by atoms with Crippen LogP contribution in [0, 0.1) is 0 Å². The van der Waals surface area contributed by atoms with Gasteiger partial charge in [-0.05, 0) is 15.9 Å². The molecule has 1 N–H and O–H groups in total. The third kappa shape index (κ3) is 4.60. The highest BCUT2D eigenvalue weighted by Gasteiger charge is 2.48. The first kappa shape index (κ1) is 20.8. The van der Waals surface area contributed by atoms with Gasteiger partial charge in [0, 0.05) is 12.8 Å². The van der Waals surface area contributed by atoms with Crippen LogP contribution in [0.25, 0.3) is 0 Å². The van der Waals surface area contributed by atoms with Gasteiger partial charge in [0.15, 0.2) is 10.8 Å². The van der Waals surface area contributed by atoms with Crippen LogP contribution >= 0.6 is 31.9 Å². The Bertz CT molecular complexity index is 793. The molecule has 26 heavy (non-hydrogen) atoms. The maximum atomic E-state index is 12.1. The number of carbonyl (C=O) groups excluding carboxylic acids is 2. The number of hydrogen-bond acceptors (Lipinski definition) is 8. The summed E-state index contributed by atoms with van der Waals surface area (Å²) in [5.41, 5.74) is -1.47. The molecule has 4 unspecified atom stereocenters. The molecule has 10 nitrogen and oxygen atoms in total. The standard InChI is InChI=1S/C14H17Br2N3O7/c1-3-7(20)24-5-6-10(26-8(21)4-2)9(15)13(25-6)19-14(23)17-12(22)11(16)18-19/h6,9-10,13H,3-5H2,1-2H3,(H,17,22,23). The highest BCUT2D eigenvalue weighted by atomic mass is 79.9. The normalized spacial score (nSPS) is 25.1. The molecule has 0 saturated carbocycles. The average Bonchev–Trinajstić information content (AvgIpc) is 2.91. The van der Waals surface area contributed by atoms with E-state index in [0.717, 1.165) is 4.68 Å². The molecule has 1 aliphatic heterocycles. The number of esters is 2. The second-order valence-electron chi connectivity index (χ2n) is 5.35. The molecule has 1 aromatic rings. The second-order valence-corrected chi connectivity index (χ2v) is 7.16. The number of aromatic nitrogens is 3. The second kappa shape index (κ2) is 8.91. The summed E-state index contributed by atoms with van der Waals surface area (Å²) < 4.78 is 17.0. The molecule has 0 amide bonds. The van der Waals surface area contributed by atoms with E-state index in [4.69, 9.17) is 14.2 Å². The Kier molecular flexibility index (Phi) is 7.12. The molecule has 1 fully saturated rings. The number of H-pyrrole nitrogens is 1. The molecule has 0 radical (unpaired) electrons. The van der Waals surface area contributed by atoms with Crippen LogP contribution in [-0.4, -0.2) is 50.3 Å². The van der Waals surface area contributed by atoms with Crippen LogP contribution in [0.5, 0.6) is 0 Å². The third-order valence-corrected chi connectivity index (χ3v) is 5.06. The van der Waals surface area contributed by atoms with Gasteiger partial charge in [-0.1, -0.05) is 29.8 Å². The molecular formula is C14H17Br2N3O7. The lowest BCUT2D eigenvalue weighted by Gasteiger charge is -2.20. The van der Waals surface area contributed by atoms with Gasteiger partial charge in [-0.15, -0.1) is 0 Å². The van der Waals surface area contributed by atoms with E-state index in [1.807, 2.05) is 0 Å². The smallest absolute Gasteiger partial charge is 0.347 e. The summed E-state index contributed by atoms with van der Waals surface area (Å²) in [5.74, 6) is -0.913. The Hall–Kier alpha value is -1.53. The van der Waals surface area contributed by atoms with Crippen molar-refractivity contribution in [1.29, 1.82) is 0 Å². The van der Waals surface area contributed by atoms with Gasteiger partial charge in [0.25, 0.3) is 5.56 Å². The van der Waals surface area contributed by atoms with Crippen LogP contribution in [-0.2, 0) is 23.8 Å². The minimum Gasteiger partial charge on any atom is -0.463 e. The van der Waals surface area contributed by atoms with Gasteiger partial charge in [-0.3, -0.25) is 19.4 Å². The Balaban J connectivity index is 2.30. The quantitative estimate of drug-likeness (QED) is 0.446. The van der Waals surface area contributed by atoms with Crippen LogP contribution in [0.2, 0.25) is 0 Å². The van der Waals surface area contributed by atoms with Crippen molar-refractivity contribution in [2.75, 3.05) is 6.61 Å². The summed E-state index contributed by atoms with van der Waals surface area (Å²) >= 11 is 6.31. The Morgan fingerprint density at radius 2 is 1.92 bits per heavy atom. The molecule has 144 valence electrons. The average molecular weight is 499 g/mol. The van der Waals surface area contributed by atoms with Crippen LogP contribution in [0.4, 0.5) is 0 Å². The van der Waals surface area contributed by atoms with E-state index in [1.54, 1.807) is 13.8 Å². The summed E-state index contributed by atoms with van der Waals surface area (Å²) in [6.07, 6.45) is -2.30. The predicted molar refractivity (Wildman–Crippen MR) is 94.9 cm³/mol. The molecule has 0 bridgehead atoms. The predicted octanol–water partition coefficient (Wildman–Crippen LogP) is 0.630. The van der Waals surface area contributed by atoms with Crippen LogP contribution < -0.4 is 11.2 Å². The van der Waals surface area contributed by atoms with E-state index in [9.17, 15) is 19.2 Å². The fraction of sp³-hybridized carbons (Fsp3) is 0.643. The number of halogens is 2. The zero-order valence-electron chi connectivity index (χ0n) is 13.9. The van der Waals surface area contributed by atoms with Crippen molar-refractivity contribution in [2.45, 2.75) is 50.0 Å². The van der Waals surface area contributed by atoms with E-state index in [2.05, 4.69) is 41.9 Å². The lowest BCUT2D eigenvalue weighted by molar-refractivity contribution is -0.158. The maximum Gasteiger partial charge on any atom is 0.347 e. The minimum atomic E-state index is -0.990. The fourth-order valence-corrected chi connectivity index (χ4v) is 3.31. The van der Waals surface area contributed by atoms with E-state index in [1.165, 1.54) is 0 Å². The Morgan fingerprint density at radius 3 is 2.54 bits per heavy atom. The lowest BCUT2D eigenvalue weighted by Crippen LogP contribution is -2.39. The first-order chi connectivity index (χ1) is 12.3. The summed E-state index contributed by atoms with van der Waals surface area (Å²) in [7, 11) is 0. The fourth-order valence-electron chi connectivity index (χ4n) is 2.24. The first-order valence-corrected chi connectivity index (χ1v) is 9.52. The monoisotopic (exact) mass is 497 g/mol. The number of alkyl halides is 1. The van der Waals surface area contributed by atoms with Crippen molar-refractivity contribution < 1.29 is 23.8 Å². The van der Waals surface area contributed by atoms with Crippen LogP contribution in [0.15, 0.2) is 14.2 Å². The number of hydrogen-bond donors (Lipinski definition) is 1. The van der Waals surface area contributed by atoms with Gasteiger partial charge in [-0.2, -0.15) is 9.78 Å². The highest BCUT2D eigenvalue weighted by Crippen LogP contribution is 2.36. The van der Waals surface area contributed by atoms with Crippen molar-refractivity contribution in [1.82, 2.24) is 14.8 Å². The van der Waals surface area contributed by atoms with Gasteiger partial charge in [0.05, 0.1) is 0 Å². The molecule has 1 saturated heterocycles. The first-order valence-electron chi connectivity index (χ1n) is 7.81. The number of rotatable bonds is 6. The van der Waals surface area contributed by atoms with Crippen LogP contribution in [0.3, 0.4) is 0 Å². The summed E-state index contributed by atoms with van der Waals surface area (Å²) in [6, 6.07) is 0. The summed E-state index contributed by atoms with van der Waals surface area (Å²) in [6.45, 7) is 3.12. The van der Waals surface area contributed by atoms with Gasteiger partial charge in [0.2, 0.25) is 0 Å². The van der Waals surface area contributed by atoms with Crippen molar-refractivity contribution >= 4 is 43.8 Å². The van der Waals surface area contributed by atoms with Crippen molar-refractivity contribution in [3.8, 4) is 0 Å². The largest absolute Gasteiger partial charge is 0.463 e. The van der Waals surface area contributed by atoms with Crippen molar-refractivity contribution in [2.24, 2.45) is 0 Å². The van der Waals surface area contributed by atoms with Crippen LogP contribution in [0.1, 0.15) is 32.9 Å². The zero-order valence-corrected chi connectivity index (χ0v) is 17.1. The topological polar surface area (TPSA) is 130 Å². The highest BCUT2D eigenvalue weighted by molar-refractivity contribution is 9.10. The molecule has 2 heterocycles. The molecule has 0 aromatic carbocycles. The molecule has 4 atom stereocenters. The van der Waals surface area contributed by atoms with E-state index in [0.29, 0.717) is 0 Å². The molecule has 0 spiro atoms. The molecule has 12 heteroatoms. The number of nitrogens with one attached hydrogen (secondary N) is 1. The van der Waals surface area contributed by atoms with Gasteiger partial charge in [-0.25, -0.2) is 4.79 Å². The number of nitrogens with zero attached hydrogens (tertiary/aromatic N) is 2. The van der Waals surface area contributed by atoms with Gasteiger partial charge >= 0.3 is 17.6 Å². The molecule has 1 aromatic heterocycles. The zero-order chi connectivity index (χ0) is 19.4. The SMILES string of the molecule is CCC(=O)OCC1OC(n2nc(Br)c(=O)[nH]c2=O)C(Br)C1OC(=O)CC. The van der Waals surface area contributed by atoms with Crippen molar-refractivity contribution in [3.05, 3.63) is 25.4 Å². The number of aromatic amines is 1. The van der Waals surface area contributed by atoms with E-state index < -0.39 is 46.5 Å².